The Balaban J connectivity index is 1.68. The Labute approximate surface area is 164 Å². The third kappa shape index (κ3) is 4.90. The number of anilines is 2. The summed E-state index contributed by atoms with van der Waals surface area (Å²) < 4.78 is 13.7. The van der Waals surface area contributed by atoms with Crippen LogP contribution in [0.15, 0.2) is 47.8 Å². The molecule has 0 radical (unpaired) electrons. The Hall–Kier alpha value is -2.77. The lowest BCUT2D eigenvalue weighted by molar-refractivity contribution is -0.116. The lowest BCUT2D eigenvalue weighted by Gasteiger charge is -2.08. The topological polar surface area (TPSA) is 71.1 Å². The van der Waals surface area contributed by atoms with E-state index in [4.69, 9.17) is 11.6 Å². The number of halogens is 2. The summed E-state index contributed by atoms with van der Waals surface area (Å²) in [6.07, 6.45) is 0.0633. The molecule has 1 aromatic heterocycles. The fraction of sp³-hybridized carbons (Fsp3) is 0.105. The second kappa shape index (κ2) is 8.28. The first-order chi connectivity index (χ1) is 12.9. The molecule has 2 N–H and O–H groups in total. The van der Waals surface area contributed by atoms with Crippen LogP contribution in [0.1, 0.15) is 12.6 Å². The number of carbonyl (C=O) groups excluding carboxylic acids is 2. The van der Waals surface area contributed by atoms with Crippen molar-refractivity contribution in [3.05, 3.63) is 64.4 Å². The smallest absolute Gasteiger partial charge is 0.230 e. The van der Waals surface area contributed by atoms with Crippen molar-refractivity contribution in [1.82, 2.24) is 4.98 Å². The molecule has 0 aliphatic rings. The van der Waals surface area contributed by atoms with Gasteiger partial charge >= 0.3 is 0 Å². The van der Waals surface area contributed by atoms with Crippen molar-refractivity contribution in [3.63, 3.8) is 0 Å². The molecule has 138 valence electrons. The van der Waals surface area contributed by atoms with Gasteiger partial charge in [0.1, 0.15) is 10.8 Å². The molecule has 5 nitrogen and oxygen atoms in total. The molecule has 0 spiro atoms. The Morgan fingerprint density at radius 1 is 1.19 bits per heavy atom. The monoisotopic (exact) mass is 403 g/mol. The summed E-state index contributed by atoms with van der Waals surface area (Å²) in [4.78, 5) is 27.8. The highest BCUT2D eigenvalue weighted by Crippen LogP contribution is 2.30. The Bertz CT molecular complexity index is 1010. The van der Waals surface area contributed by atoms with Crippen LogP contribution in [0.3, 0.4) is 0 Å². The molecule has 27 heavy (non-hydrogen) atoms. The summed E-state index contributed by atoms with van der Waals surface area (Å²) in [5.41, 5.74) is 1.81. The highest BCUT2D eigenvalue weighted by atomic mass is 35.5. The molecular weight excluding hydrogens is 389 g/mol. The van der Waals surface area contributed by atoms with Crippen LogP contribution in [0.4, 0.5) is 15.8 Å². The molecule has 0 saturated heterocycles. The minimum atomic E-state index is -0.577. The zero-order valence-corrected chi connectivity index (χ0v) is 15.8. The number of carbonyl (C=O) groups is 2. The van der Waals surface area contributed by atoms with E-state index in [1.54, 1.807) is 11.4 Å². The number of hydrogen-bond acceptors (Lipinski definition) is 4. The molecule has 2 amide bonds. The highest BCUT2D eigenvalue weighted by Gasteiger charge is 2.12. The first-order valence-electron chi connectivity index (χ1n) is 7.98. The Morgan fingerprint density at radius 2 is 1.96 bits per heavy atom. The van der Waals surface area contributed by atoms with Gasteiger partial charge in [0.05, 0.1) is 22.8 Å². The standard InChI is InChI=1S/C19H15ClFN3O2S/c1-11(25)22-17-8-12(6-7-16(17)21)23-18(26)9-13-10-27-19(24-13)14-4-2-3-5-15(14)20/h2-8,10H,9H2,1H3,(H,22,25)(H,23,26). The number of hydrogen-bond donors (Lipinski definition) is 2. The number of aromatic nitrogens is 1. The molecule has 0 aliphatic heterocycles. The summed E-state index contributed by atoms with van der Waals surface area (Å²) in [6, 6.07) is 11.3. The quantitative estimate of drug-likeness (QED) is 0.646. The predicted molar refractivity (Wildman–Crippen MR) is 106 cm³/mol. The normalized spacial score (nSPS) is 10.5. The van der Waals surface area contributed by atoms with E-state index in [9.17, 15) is 14.0 Å². The second-order valence-corrected chi connectivity index (χ2v) is 6.99. The molecule has 3 aromatic rings. The highest BCUT2D eigenvalue weighted by molar-refractivity contribution is 7.13. The summed E-state index contributed by atoms with van der Waals surface area (Å²) >= 11 is 7.58. The van der Waals surface area contributed by atoms with Gasteiger partial charge in [-0.25, -0.2) is 9.37 Å². The van der Waals surface area contributed by atoms with Crippen molar-refractivity contribution in [3.8, 4) is 10.6 Å². The summed E-state index contributed by atoms with van der Waals surface area (Å²) in [6.45, 7) is 1.28. The molecule has 0 aliphatic carbocycles. The third-order valence-electron chi connectivity index (χ3n) is 3.56. The van der Waals surface area contributed by atoms with Crippen LogP contribution in [0.25, 0.3) is 10.6 Å². The van der Waals surface area contributed by atoms with Gasteiger partial charge in [-0.05, 0) is 24.3 Å². The first kappa shape index (κ1) is 19.0. The lowest BCUT2D eigenvalue weighted by Crippen LogP contribution is -2.15. The predicted octanol–water partition coefficient (Wildman–Crippen LogP) is 4.74. The molecule has 8 heteroatoms. The molecule has 0 bridgehead atoms. The third-order valence-corrected chi connectivity index (χ3v) is 4.81. The van der Waals surface area contributed by atoms with Crippen LogP contribution >= 0.6 is 22.9 Å². The van der Waals surface area contributed by atoms with Gasteiger partial charge in [-0.1, -0.05) is 29.8 Å². The average molecular weight is 404 g/mol. The Kier molecular flexibility index (Phi) is 5.83. The molecule has 0 saturated carbocycles. The van der Waals surface area contributed by atoms with Gasteiger partial charge in [0.25, 0.3) is 0 Å². The van der Waals surface area contributed by atoms with E-state index in [1.165, 1.54) is 36.5 Å². The molecule has 1 heterocycles. The van der Waals surface area contributed by atoms with E-state index >= 15 is 0 Å². The number of nitrogens with one attached hydrogen (secondary N) is 2. The van der Waals surface area contributed by atoms with Crippen molar-refractivity contribution < 1.29 is 14.0 Å². The number of nitrogens with zero attached hydrogens (tertiary/aromatic N) is 1. The molecule has 0 atom stereocenters. The molecule has 0 unspecified atom stereocenters. The van der Waals surface area contributed by atoms with E-state index in [-0.39, 0.29) is 18.0 Å². The fourth-order valence-electron chi connectivity index (χ4n) is 2.40. The SMILES string of the molecule is CC(=O)Nc1cc(NC(=O)Cc2csc(-c3ccccc3Cl)n2)ccc1F. The average Bonchev–Trinajstić information content (AvgIpc) is 3.06. The van der Waals surface area contributed by atoms with E-state index in [0.717, 1.165) is 10.6 Å². The van der Waals surface area contributed by atoms with Gasteiger partial charge in [-0.15, -0.1) is 11.3 Å². The zero-order chi connectivity index (χ0) is 19.4. The number of thiazole rings is 1. The Morgan fingerprint density at radius 3 is 2.70 bits per heavy atom. The van der Waals surface area contributed by atoms with Gasteiger partial charge in [-0.2, -0.15) is 0 Å². The number of benzene rings is 2. The van der Waals surface area contributed by atoms with E-state index in [0.29, 0.717) is 16.4 Å². The van der Waals surface area contributed by atoms with Crippen molar-refractivity contribution in [2.75, 3.05) is 10.6 Å². The van der Waals surface area contributed by atoms with Gasteiger partial charge in [0.2, 0.25) is 11.8 Å². The second-order valence-electron chi connectivity index (χ2n) is 5.72. The fourth-order valence-corrected chi connectivity index (χ4v) is 3.54. The van der Waals surface area contributed by atoms with Crippen LogP contribution in [0.5, 0.6) is 0 Å². The molecule has 3 rings (SSSR count). The van der Waals surface area contributed by atoms with E-state index in [2.05, 4.69) is 15.6 Å². The first-order valence-corrected chi connectivity index (χ1v) is 9.24. The lowest BCUT2D eigenvalue weighted by atomic mass is 10.2. The molecular formula is C19H15ClFN3O2S. The number of rotatable bonds is 5. The summed E-state index contributed by atoms with van der Waals surface area (Å²) in [5, 5.41) is 8.18. The van der Waals surface area contributed by atoms with Crippen LogP contribution < -0.4 is 10.6 Å². The minimum absolute atomic E-state index is 0.00923. The minimum Gasteiger partial charge on any atom is -0.326 e. The molecule has 2 aromatic carbocycles. The van der Waals surface area contributed by atoms with Gasteiger partial charge in [0, 0.05) is 23.6 Å². The van der Waals surface area contributed by atoms with E-state index in [1.807, 2.05) is 18.2 Å². The maximum atomic E-state index is 13.7. The van der Waals surface area contributed by atoms with Crippen LogP contribution in [0, 0.1) is 5.82 Å². The summed E-state index contributed by atoms with van der Waals surface area (Å²) in [5.74, 6) is -1.27. The van der Waals surface area contributed by atoms with Crippen molar-refractivity contribution in [2.45, 2.75) is 13.3 Å². The van der Waals surface area contributed by atoms with Gasteiger partial charge in [-0.3, -0.25) is 9.59 Å². The van der Waals surface area contributed by atoms with Crippen LogP contribution in [0.2, 0.25) is 5.02 Å². The summed E-state index contributed by atoms with van der Waals surface area (Å²) in [7, 11) is 0. The van der Waals surface area contributed by atoms with Crippen molar-refractivity contribution in [1.29, 1.82) is 0 Å². The number of amides is 2. The maximum Gasteiger partial charge on any atom is 0.230 e. The molecule has 0 fully saturated rings. The van der Waals surface area contributed by atoms with Crippen LogP contribution in [-0.2, 0) is 16.0 Å². The van der Waals surface area contributed by atoms with Gasteiger partial charge in [0.15, 0.2) is 0 Å². The maximum absolute atomic E-state index is 13.7. The van der Waals surface area contributed by atoms with E-state index < -0.39 is 11.7 Å². The van der Waals surface area contributed by atoms with Crippen molar-refractivity contribution in [2.24, 2.45) is 0 Å². The van der Waals surface area contributed by atoms with Crippen molar-refractivity contribution >= 4 is 46.1 Å². The largest absolute Gasteiger partial charge is 0.326 e. The van der Waals surface area contributed by atoms with Crippen LogP contribution in [-0.4, -0.2) is 16.8 Å². The zero-order valence-electron chi connectivity index (χ0n) is 14.3. The van der Waals surface area contributed by atoms with Gasteiger partial charge < -0.3 is 10.6 Å².